The normalized spacial score (nSPS) is 17.1. The Morgan fingerprint density at radius 1 is 1.41 bits per heavy atom. The zero-order valence-electron chi connectivity index (χ0n) is 9.19. The lowest BCUT2D eigenvalue weighted by Crippen LogP contribution is -2.38. The Labute approximate surface area is 113 Å². The summed E-state index contributed by atoms with van der Waals surface area (Å²) in [4.78, 5) is 2.44. The second-order valence-electron chi connectivity index (χ2n) is 3.83. The van der Waals surface area contributed by atoms with E-state index >= 15 is 0 Å². The molecule has 0 saturated carbocycles. The van der Waals surface area contributed by atoms with Crippen LogP contribution in [-0.2, 0) is 10.8 Å². The molecular formula is C11H13ClN2OS2. The number of rotatable bonds is 2. The molecule has 0 radical (unpaired) electrons. The van der Waals surface area contributed by atoms with E-state index in [0.717, 1.165) is 24.3 Å². The smallest absolute Gasteiger partial charge is 0.107 e. The SMILES string of the molecule is NC(=S)c1c(Cl)cccc1N1CCS(=O)CC1. The molecule has 6 heteroatoms. The largest absolute Gasteiger partial charge is 0.389 e. The Morgan fingerprint density at radius 3 is 2.65 bits per heavy atom. The highest BCUT2D eigenvalue weighted by Crippen LogP contribution is 2.28. The highest BCUT2D eigenvalue weighted by molar-refractivity contribution is 7.85. The van der Waals surface area contributed by atoms with Gasteiger partial charge in [-0.25, -0.2) is 0 Å². The van der Waals surface area contributed by atoms with Crippen LogP contribution in [0.2, 0.25) is 5.02 Å². The van der Waals surface area contributed by atoms with E-state index in [9.17, 15) is 4.21 Å². The van der Waals surface area contributed by atoms with Crippen molar-refractivity contribution in [2.24, 2.45) is 5.73 Å². The van der Waals surface area contributed by atoms with Crippen molar-refractivity contribution in [2.75, 3.05) is 29.5 Å². The number of hydrogen-bond acceptors (Lipinski definition) is 3. The lowest BCUT2D eigenvalue weighted by molar-refractivity contribution is 0.673. The van der Waals surface area contributed by atoms with Gasteiger partial charge in [-0.05, 0) is 12.1 Å². The molecule has 1 aliphatic heterocycles. The maximum absolute atomic E-state index is 11.3. The predicted octanol–water partition coefficient (Wildman–Crippen LogP) is 1.54. The fourth-order valence-corrected chi connectivity index (χ4v) is 3.49. The first-order chi connectivity index (χ1) is 8.09. The molecule has 3 nitrogen and oxygen atoms in total. The van der Waals surface area contributed by atoms with E-state index in [2.05, 4.69) is 4.90 Å². The van der Waals surface area contributed by atoms with E-state index in [0.29, 0.717) is 21.5 Å². The van der Waals surface area contributed by atoms with Crippen molar-refractivity contribution in [3.05, 3.63) is 28.8 Å². The molecule has 0 atom stereocenters. The molecular weight excluding hydrogens is 276 g/mol. The molecule has 0 unspecified atom stereocenters. The Bertz CT molecular complexity index is 469. The lowest BCUT2D eigenvalue weighted by atomic mass is 10.1. The van der Waals surface area contributed by atoms with Crippen LogP contribution in [-0.4, -0.2) is 33.8 Å². The number of benzene rings is 1. The minimum atomic E-state index is -0.696. The van der Waals surface area contributed by atoms with Crippen molar-refractivity contribution in [3.8, 4) is 0 Å². The van der Waals surface area contributed by atoms with E-state index in [4.69, 9.17) is 29.6 Å². The van der Waals surface area contributed by atoms with Crippen LogP contribution in [0.15, 0.2) is 18.2 Å². The van der Waals surface area contributed by atoms with Crippen LogP contribution < -0.4 is 10.6 Å². The zero-order chi connectivity index (χ0) is 12.4. The summed E-state index contributed by atoms with van der Waals surface area (Å²) < 4.78 is 11.3. The first-order valence-electron chi connectivity index (χ1n) is 5.28. The average Bonchev–Trinajstić information content (AvgIpc) is 2.29. The van der Waals surface area contributed by atoms with Crippen LogP contribution in [0.5, 0.6) is 0 Å². The van der Waals surface area contributed by atoms with Gasteiger partial charge in [0.2, 0.25) is 0 Å². The minimum Gasteiger partial charge on any atom is -0.389 e. The van der Waals surface area contributed by atoms with Gasteiger partial charge in [0, 0.05) is 41.1 Å². The molecule has 1 aliphatic rings. The van der Waals surface area contributed by atoms with Gasteiger partial charge < -0.3 is 10.6 Å². The van der Waals surface area contributed by atoms with Crippen LogP contribution >= 0.6 is 23.8 Å². The third-order valence-corrected chi connectivity index (χ3v) is 4.55. The molecule has 1 saturated heterocycles. The molecule has 1 aromatic carbocycles. The van der Waals surface area contributed by atoms with Gasteiger partial charge in [-0.2, -0.15) is 0 Å². The molecule has 2 N–H and O–H groups in total. The molecule has 0 amide bonds. The molecule has 17 heavy (non-hydrogen) atoms. The fraction of sp³-hybridized carbons (Fsp3) is 0.364. The number of anilines is 1. The van der Waals surface area contributed by atoms with Gasteiger partial charge in [-0.15, -0.1) is 0 Å². The van der Waals surface area contributed by atoms with Crippen molar-refractivity contribution >= 4 is 45.3 Å². The summed E-state index contributed by atoms with van der Waals surface area (Å²) in [6.07, 6.45) is 0. The van der Waals surface area contributed by atoms with Crippen molar-refractivity contribution in [1.29, 1.82) is 0 Å². The van der Waals surface area contributed by atoms with Crippen LogP contribution in [0.3, 0.4) is 0 Å². The molecule has 0 spiro atoms. The van der Waals surface area contributed by atoms with Gasteiger partial charge in [-0.3, -0.25) is 4.21 Å². The highest BCUT2D eigenvalue weighted by Gasteiger charge is 2.20. The molecule has 0 aromatic heterocycles. The average molecular weight is 289 g/mol. The summed E-state index contributed by atoms with van der Waals surface area (Å²) in [7, 11) is -0.696. The first kappa shape index (κ1) is 12.8. The number of thiocarbonyl (C=S) groups is 1. The maximum Gasteiger partial charge on any atom is 0.107 e. The third-order valence-electron chi connectivity index (χ3n) is 2.76. The van der Waals surface area contributed by atoms with Crippen molar-refractivity contribution in [3.63, 3.8) is 0 Å². The second-order valence-corrected chi connectivity index (χ2v) is 6.38. The molecule has 92 valence electrons. The van der Waals surface area contributed by atoms with Gasteiger partial charge in [0.15, 0.2) is 0 Å². The predicted molar refractivity (Wildman–Crippen MR) is 77.4 cm³/mol. The molecule has 2 rings (SSSR count). The highest BCUT2D eigenvalue weighted by atomic mass is 35.5. The van der Waals surface area contributed by atoms with Crippen LogP contribution in [0.4, 0.5) is 5.69 Å². The Morgan fingerprint density at radius 2 is 2.06 bits per heavy atom. The van der Waals surface area contributed by atoms with Gasteiger partial charge >= 0.3 is 0 Å². The van der Waals surface area contributed by atoms with E-state index in [1.165, 1.54) is 0 Å². The van der Waals surface area contributed by atoms with E-state index in [1.54, 1.807) is 6.07 Å². The first-order valence-corrected chi connectivity index (χ1v) is 7.55. The second kappa shape index (κ2) is 5.33. The summed E-state index contributed by atoms with van der Waals surface area (Å²) in [5, 5.41) is 0.571. The van der Waals surface area contributed by atoms with Gasteiger partial charge in [0.1, 0.15) is 4.99 Å². The van der Waals surface area contributed by atoms with Crippen LogP contribution in [0.1, 0.15) is 5.56 Å². The van der Waals surface area contributed by atoms with Gasteiger partial charge in [0.25, 0.3) is 0 Å². The van der Waals surface area contributed by atoms with E-state index in [1.807, 2.05) is 12.1 Å². The van der Waals surface area contributed by atoms with E-state index in [-0.39, 0.29) is 0 Å². The number of hydrogen-bond donors (Lipinski definition) is 1. The summed E-state index contributed by atoms with van der Waals surface area (Å²) in [5.41, 5.74) is 7.38. The fourth-order valence-electron chi connectivity index (χ4n) is 1.90. The molecule has 1 heterocycles. The van der Waals surface area contributed by atoms with Crippen molar-refractivity contribution in [2.45, 2.75) is 0 Å². The lowest BCUT2D eigenvalue weighted by Gasteiger charge is -2.30. The molecule has 0 aliphatic carbocycles. The van der Waals surface area contributed by atoms with Gasteiger partial charge in [0.05, 0.1) is 10.6 Å². The Hall–Kier alpha value is -0.650. The van der Waals surface area contributed by atoms with Crippen LogP contribution in [0.25, 0.3) is 0 Å². The topological polar surface area (TPSA) is 46.3 Å². The number of nitrogens with zero attached hydrogens (tertiary/aromatic N) is 1. The summed E-state index contributed by atoms with van der Waals surface area (Å²) in [6.45, 7) is 1.51. The Kier molecular flexibility index (Phi) is 4.01. The van der Waals surface area contributed by atoms with Crippen molar-refractivity contribution in [1.82, 2.24) is 0 Å². The number of nitrogens with two attached hydrogens (primary N) is 1. The monoisotopic (exact) mass is 288 g/mol. The summed E-state index contributed by atoms with van der Waals surface area (Å²) in [5.74, 6) is 1.37. The standard InChI is InChI=1S/C11H13ClN2OS2/c12-8-2-1-3-9(10(8)11(13)16)14-4-6-17(15)7-5-14/h1-3H,4-7H2,(H2,13,16). The summed E-state index contributed by atoms with van der Waals surface area (Å²) in [6, 6.07) is 5.61. The third kappa shape index (κ3) is 2.78. The van der Waals surface area contributed by atoms with Crippen LogP contribution in [0, 0.1) is 0 Å². The quantitative estimate of drug-likeness (QED) is 0.839. The molecule has 1 aromatic rings. The molecule has 1 fully saturated rings. The molecule has 0 bridgehead atoms. The van der Waals surface area contributed by atoms with Crippen molar-refractivity contribution < 1.29 is 4.21 Å². The zero-order valence-corrected chi connectivity index (χ0v) is 11.6. The van der Waals surface area contributed by atoms with E-state index < -0.39 is 10.8 Å². The maximum atomic E-state index is 11.3. The Balaban J connectivity index is 2.35. The summed E-state index contributed by atoms with van der Waals surface area (Å²) >= 11 is 11.2. The van der Waals surface area contributed by atoms with Gasteiger partial charge in [-0.1, -0.05) is 29.9 Å². The minimum absolute atomic E-state index is 0.303. The number of halogens is 1.